The fourth-order valence-corrected chi connectivity index (χ4v) is 16.3. The molecule has 1 aliphatic carbocycles. The summed E-state index contributed by atoms with van der Waals surface area (Å²) in [4.78, 5) is 5.56. The van der Waals surface area contributed by atoms with Gasteiger partial charge in [0.25, 0.3) is 0 Å². The van der Waals surface area contributed by atoms with Gasteiger partial charge in [0.05, 0.1) is 16.9 Å². The van der Waals surface area contributed by atoms with Gasteiger partial charge < -0.3 is 9.80 Å². The van der Waals surface area contributed by atoms with Gasteiger partial charge in [0.2, 0.25) is 6.71 Å². The van der Waals surface area contributed by atoms with Crippen LogP contribution in [0.5, 0.6) is 0 Å². The highest BCUT2D eigenvalue weighted by Gasteiger charge is 2.58. The number of para-hydroxylation sites is 1. The topological polar surface area (TPSA) is 6.48 Å². The molecule has 0 spiro atoms. The highest BCUT2D eigenvalue weighted by Crippen LogP contribution is 2.62. The third-order valence-corrected chi connectivity index (χ3v) is 19.2. The maximum Gasteiger partial charge on any atom is 0.248 e. The molecule has 4 aliphatic rings. The Morgan fingerprint density at radius 3 is 1.84 bits per heavy atom. The number of anilines is 5. The van der Waals surface area contributed by atoms with Crippen molar-refractivity contribution in [1.29, 1.82) is 0 Å². The summed E-state index contributed by atoms with van der Waals surface area (Å²) >= 11 is 5.78. The molecule has 6 heterocycles. The van der Waals surface area contributed by atoms with Crippen LogP contribution in [-0.4, -0.2) is 12.3 Å². The summed E-state index contributed by atoms with van der Waals surface area (Å²) in [7, 11) is 0. The summed E-state index contributed by atoms with van der Waals surface area (Å²) < 4.78 is 8.07. The third-order valence-electron chi connectivity index (χ3n) is 15.8. The predicted octanol–water partition coefficient (Wildman–Crippen LogP) is 14.8. The van der Waals surface area contributed by atoms with Gasteiger partial charge in [0, 0.05) is 83.0 Å². The van der Waals surface area contributed by atoms with Gasteiger partial charge in [-0.3, -0.25) is 0 Å². The molecule has 2 atom stereocenters. The summed E-state index contributed by atoms with van der Waals surface area (Å²) in [6.07, 6.45) is 4.89. The van der Waals surface area contributed by atoms with Crippen LogP contribution in [0.15, 0.2) is 152 Å². The molecule has 11 aromatic rings. The van der Waals surface area contributed by atoms with Crippen molar-refractivity contribution in [2.45, 2.75) is 50.5 Å². The molecule has 0 radical (unpaired) electrons. The number of thiophene rings is 3. The Labute approximate surface area is 372 Å². The van der Waals surface area contributed by atoms with Crippen molar-refractivity contribution in [2.24, 2.45) is 0 Å². The number of hydrogen-bond acceptors (Lipinski definition) is 5. The lowest BCUT2D eigenvalue weighted by Crippen LogP contribution is -2.55. The minimum Gasteiger partial charge on any atom is -0.334 e. The highest BCUT2D eigenvalue weighted by molar-refractivity contribution is 7.27. The first-order valence-electron chi connectivity index (χ1n) is 22.2. The Kier molecular flexibility index (Phi) is 6.68. The summed E-state index contributed by atoms with van der Waals surface area (Å²) in [5.41, 5.74) is 15.2. The van der Waals surface area contributed by atoms with E-state index in [-0.39, 0.29) is 17.7 Å². The zero-order chi connectivity index (χ0) is 40.6. The molecule has 0 N–H and O–H groups in total. The molecule has 0 amide bonds. The fraction of sp³-hybridized carbons (Fsp3) is 0.143. The number of rotatable bonds is 2. The molecule has 0 saturated heterocycles. The Hall–Kier alpha value is -5.92. The van der Waals surface area contributed by atoms with Gasteiger partial charge in [-0.1, -0.05) is 116 Å². The van der Waals surface area contributed by atoms with Gasteiger partial charge in [-0.05, 0) is 108 Å². The molecule has 2 nitrogen and oxygen atoms in total. The Bertz CT molecular complexity index is 3800. The van der Waals surface area contributed by atoms with E-state index in [1.54, 1.807) is 0 Å². The van der Waals surface area contributed by atoms with Crippen LogP contribution < -0.4 is 26.2 Å². The van der Waals surface area contributed by atoms with E-state index in [2.05, 4.69) is 175 Å². The molecule has 6 heteroatoms. The molecule has 3 aliphatic heterocycles. The molecule has 62 heavy (non-hydrogen) atoms. The van der Waals surface area contributed by atoms with Gasteiger partial charge in [-0.15, -0.1) is 34.0 Å². The van der Waals surface area contributed by atoms with Crippen molar-refractivity contribution in [1.82, 2.24) is 0 Å². The first kappa shape index (κ1) is 34.6. The molecule has 0 bridgehead atoms. The molecule has 1 saturated carbocycles. The van der Waals surface area contributed by atoms with Gasteiger partial charge in [-0.25, -0.2) is 0 Å². The van der Waals surface area contributed by atoms with Crippen LogP contribution in [0.3, 0.4) is 0 Å². The zero-order valence-electron chi connectivity index (χ0n) is 34.5. The molecule has 3 aromatic heterocycles. The fourth-order valence-electron chi connectivity index (χ4n) is 13.0. The van der Waals surface area contributed by atoms with E-state index < -0.39 is 0 Å². The molecular weight excluding hydrogens is 808 g/mol. The van der Waals surface area contributed by atoms with E-state index >= 15 is 0 Å². The average Bonchev–Trinajstić information content (AvgIpc) is 4.10. The SMILES string of the molecule is CC12CCCCC1(C)N(c1cc3c4c(c1)N(c1cccc5sc6ccccc6c15)c1c(ccc5sc6ccccc6c15)B4c1ccc4sc5ccccc5c4c1-3)c1ccccc12. The molecule has 15 rings (SSSR count). The van der Waals surface area contributed by atoms with Crippen molar-refractivity contribution >= 4 is 146 Å². The molecule has 8 aromatic carbocycles. The number of hydrogen-bond donors (Lipinski definition) is 0. The predicted molar refractivity (Wildman–Crippen MR) is 273 cm³/mol. The van der Waals surface area contributed by atoms with Crippen LogP contribution in [0, 0.1) is 0 Å². The normalized spacial score (nSPS) is 19.9. The molecule has 294 valence electrons. The summed E-state index contributed by atoms with van der Waals surface area (Å²) in [6, 6.07) is 58.8. The van der Waals surface area contributed by atoms with Crippen molar-refractivity contribution in [3.63, 3.8) is 0 Å². The first-order chi connectivity index (χ1) is 30.5. The maximum absolute atomic E-state index is 2.81. The summed E-state index contributed by atoms with van der Waals surface area (Å²) in [6.45, 7) is 5.25. The van der Waals surface area contributed by atoms with Gasteiger partial charge >= 0.3 is 0 Å². The summed E-state index contributed by atoms with van der Waals surface area (Å²) in [5, 5.41) is 8.16. The largest absolute Gasteiger partial charge is 0.334 e. The van der Waals surface area contributed by atoms with E-state index in [1.165, 1.54) is 141 Å². The van der Waals surface area contributed by atoms with Crippen molar-refractivity contribution < 1.29 is 0 Å². The average molecular weight is 847 g/mol. The second kappa shape index (κ2) is 12.0. The minimum atomic E-state index is -0.0738. The van der Waals surface area contributed by atoms with E-state index in [9.17, 15) is 0 Å². The Balaban J connectivity index is 1.14. The number of benzene rings is 8. The third kappa shape index (κ3) is 4.13. The van der Waals surface area contributed by atoms with Crippen molar-refractivity contribution in [2.75, 3.05) is 9.80 Å². The van der Waals surface area contributed by atoms with Crippen LogP contribution in [0.25, 0.3) is 71.6 Å². The van der Waals surface area contributed by atoms with E-state index in [0.29, 0.717) is 0 Å². The second-order valence-electron chi connectivity index (χ2n) is 18.6. The quantitative estimate of drug-likeness (QED) is 0.160. The van der Waals surface area contributed by atoms with Gasteiger partial charge in [0.1, 0.15) is 0 Å². The molecule has 2 unspecified atom stereocenters. The smallest absolute Gasteiger partial charge is 0.248 e. The van der Waals surface area contributed by atoms with Crippen LogP contribution in [0.1, 0.15) is 45.1 Å². The van der Waals surface area contributed by atoms with Crippen LogP contribution in [-0.2, 0) is 5.41 Å². The lowest BCUT2D eigenvalue weighted by molar-refractivity contribution is 0.195. The summed E-state index contributed by atoms with van der Waals surface area (Å²) in [5.74, 6) is 0. The Morgan fingerprint density at radius 1 is 0.500 bits per heavy atom. The second-order valence-corrected chi connectivity index (χ2v) is 21.8. The standard InChI is InChI=1S/C56H39BN2S3/c1-55-28-11-12-29-56(55,2)59(40-18-7-6-17-37(40)55)32-30-36-49-38(24-26-47-51(49)34-15-4-9-21-44(34)61-47)57-39-25-27-48-52(35-16-5-10-22-45(35)62-48)54(39)58(42(31-32)53(36)57)41-19-13-23-46-50(41)33-14-3-8-20-43(33)60-46/h3-10,13-27,30-31H,11-12,28-29H2,1-2H3. The monoisotopic (exact) mass is 846 g/mol. The van der Waals surface area contributed by atoms with Crippen LogP contribution >= 0.6 is 34.0 Å². The molecular formula is C56H39BN2S3. The van der Waals surface area contributed by atoms with E-state index in [0.717, 1.165) is 6.42 Å². The zero-order valence-corrected chi connectivity index (χ0v) is 36.9. The molecule has 1 fully saturated rings. The maximum atomic E-state index is 2.81. The lowest BCUT2D eigenvalue weighted by Gasteiger charge is -2.50. The first-order valence-corrected chi connectivity index (χ1v) is 24.6. The Morgan fingerprint density at radius 2 is 1.08 bits per heavy atom. The van der Waals surface area contributed by atoms with Gasteiger partial charge in [-0.2, -0.15) is 0 Å². The van der Waals surface area contributed by atoms with Gasteiger partial charge in [0.15, 0.2) is 0 Å². The van der Waals surface area contributed by atoms with Crippen LogP contribution in [0.2, 0.25) is 0 Å². The lowest BCUT2D eigenvalue weighted by atomic mass is 9.37. The highest BCUT2D eigenvalue weighted by atomic mass is 32.1. The van der Waals surface area contributed by atoms with Crippen LogP contribution in [0.4, 0.5) is 28.4 Å². The van der Waals surface area contributed by atoms with E-state index in [1.807, 2.05) is 34.0 Å². The van der Waals surface area contributed by atoms with Crippen molar-refractivity contribution in [3.8, 4) is 11.1 Å². The van der Waals surface area contributed by atoms with E-state index in [4.69, 9.17) is 0 Å². The van der Waals surface area contributed by atoms with Crippen molar-refractivity contribution in [3.05, 3.63) is 157 Å². The number of fused-ring (bicyclic) bond motifs is 19. The minimum absolute atomic E-state index is 0.0462. The number of nitrogens with zero attached hydrogens (tertiary/aromatic N) is 2.